The molecule has 0 aliphatic heterocycles. The Morgan fingerprint density at radius 1 is 1.36 bits per heavy atom. The molecule has 0 saturated carbocycles. The lowest BCUT2D eigenvalue weighted by molar-refractivity contribution is 0.249. The maximum Gasteiger partial charge on any atom is 0.0723 e. The molecule has 2 nitrogen and oxygen atoms in total. The van der Waals surface area contributed by atoms with Crippen molar-refractivity contribution in [3.05, 3.63) is 35.9 Å². The van der Waals surface area contributed by atoms with Crippen LogP contribution >= 0.6 is 0 Å². The SMILES string of the molecule is C[N]C(CO)c1ccccc1. The fraction of sp³-hybridized carbons (Fsp3) is 0.333. The number of likely N-dealkylation sites (N-methyl/N-ethyl adjacent to an activating group) is 1. The van der Waals surface area contributed by atoms with Crippen LogP contribution in [0.5, 0.6) is 0 Å². The summed E-state index contributed by atoms with van der Waals surface area (Å²) in [5, 5.41) is 12.9. The van der Waals surface area contributed by atoms with Crippen LogP contribution in [0, 0.1) is 0 Å². The van der Waals surface area contributed by atoms with Gasteiger partial charge in [0.1, 0.15) is 0 Å². The summed E-state index contributed by atoms with van der Waals surface area (Å²) in [6.07, 6.45) is 0. The fourth-order valence-electron chi connectivity index (χ4n) is 1.01. The zero-order valence-corrected chi connectivity index (χ0v) is 6.57. The Bertz CT molecular complexity index is 194. The van der Waals surface area contributed by atoms with Gasteiger partial charge in [-0.25, -0.2) is 5.32 Å². The molecule has 2 heteroatoms. The number of nitrogens with zero attached hydrogens (tertiary/aromatic N) is 1. The van der Waals surface area contributed by atoms with Crippen molar-refractivity contribution in [3.8, 4) is 0 Å². The Morgan fingerprint density at radius 2 is 2.00 bits per heavy atom. The van der Waals surface area contributed by atoms with Crippen LogP contribution in [0.1, 0.15) is 11.6 Å². The number of aliphatic hydroxyl groups excluding tert-OH is 1. The van der Waals surface area contributed by atoms with Gasteiger partial charge in [-0.05, 0) is 5.56 Å². The second-order valence-corrected chi connectivity index (χ2v) is 2.37. The smallest absolute Gasteiger partial charge is 0.0723 e. The molecule has 1 radical (unpaired) electrons. The molecule has 0 aliphatic carbocycles. The van der Waals surface area contributed by atoms with E-state index in [4.69, 9.17) is 5.11 Å². The van der Waals surface area contributed by atoms with Gasteiger partial charge in [-0.3, -0.25) is 0 Å². The maximum atomic E-state index is 8.89. The molecule has 0 bridgehead atoms. The second-order valence-electron chi connectivity index (χ2n) is 2.37. The highest BCUT2D eigenvalue weighted by Gasteiger charge is 2.05. The molecule has 11 heavy (non-hydrogen) atoms. The van der Waals surface area contributed by atoms with E-state index in [0.717, 1.165) is 5.56 Å². The molecule has 1 aromatic rings. The van der Waals surface area contributed by atoms with E-state index in [0.29, 0.717) is 0 Å². The summed E-state index contributed by atoms with van der Waals surface area (Å²) in [6, 6.07) is 9.72. The number of hydrogen-bond donors (Lipinski definition) is 1. The first-order valence-corrected chi connectivity index (χ1v) is 3.63. The lowest BCUT2D eigenvalue weighted by atomic mass is 10.1. The van der Waals surface area contributed by atoms with Crippen molar-refractivity contribution in [3.63, 3.8) is 0 Å². The van der Waals surface area contributed by atoms with Crippen LogP contribution in [0.25, 0.3) is 0 Å². The molecule has 1 rings (SSSR count). The first kappa shape index (κ1) is 8.24. The first-order valence-electron chi connectivity index (χ1n) is 3.63. The first-order chi connectivity index (χ1) is 5.38. The summed E-state index contributed by atoms with van der Waals surface area (Å²) < 4.78 is 0. The van der Waals surface area contributed by atoms with Gasteiger partial charge in [-0.15, -0.1) is 0 Å². The Kier molecular flexibility index (Phi) is 3.08. The van der Waals surface area contributed by atoms with Gasteiger partial charge in [0.15, 0.2) is 0 Å². The summed E-state index contributed by atoms with van der Waals surface area (Å²) >= 11 is 0. The van der Waals surface area contributed by atoms with E-state index in [1.807, 2.05) is 30.3 Å². The summed E-state index contributed by atoms with van der Waals surface area (Å²) in [4.78, 5) is 0. The fourth-order valence-corrected chi connectivity index (χ4v) is 1.01. The van der Waals surface area contributed by atoms with Gasteiger partial charge in [0.2, 0.25) is 0 Å². The normalized spacial score (nSPS) is 12.9. The van der Waals surface area contributed by atoms with Crippen molar-refractivity contribution < 1.29 is 5.11 Å². The van der Waals surface area contributed by atoms with E-state index in [1.54, 1.807) is 7.05 Å². The van der Waals surface area contributed by atoms with Gasteiger partial charge in [-0.2, -0.15) is 0 Å². The number of hydrogen-bond acceptors (Lipinski definition) is 1. The van der Waals surface area contributed by atoms with Crippen molar-refractivity contribution in [2.45, 2.75) is 6.04 Å². The molecule has 0 saturated heterocycles. The molecule has 0 spiro atoms. The topological polar surface area (TPSA) is 34.3 Å². The van der Waals surface area contributed by atoms with E-state index in [-0.39, 0.29) is 12.6 Å². The standard InChI is InChI=1S/C9H12NO/c1-10-9(7-11)8-5-3-2-4-6-8/h2-6,9,11H,7H2,1H3. The Morgan fingerprint density at radius 3 is 2.45 bits per heavy atom. The van der Waals surface area contributed by atoms with Crippen molar-refractivity contribution >= 4 is 0 Å². The monoisotopic (exact) mass is 150 g/mol. The van der Waals surface area contributed by atoms with E-state index >= 15 is 0 Å². The third-order valence-corrected chi connectivity index (χ3v) is 1.67. The largest absolute Gasteiger partial charge is 0.394 e. The Hall–Kier alpha value is -0.860. The van der Waals surface area contributed by atoms with E-state index in [2.05, 4.69) is 5.32 Å². The Balaban J connectivity index is 2.74. The van der Waals surface area contributed by atoms with Crippen LogP contribution in [0.2, 0.25) is 0 Å². The van der Waals surface area contributed by atoms with Gasteiger partial charge < -0.3 is 5.11 Å². The number of aliphatic hydroxyl groups is 1. The Labute approximate surface area is 66.9 Å². The molecule has 0 fully saturated rings. The van der Waals surface area contributed by atoms with Crippen LogP contribution in [0.15, 0.2) is 30.3 Å². The zero-order chi connectivity index (χ0) is 8.10. The molecule has 1 unspecified atom stereocenters. The highest BCUT2D eigenvalue weighted by molar-refractivity contribution is 5.18. The third-order valence-electron chi connectivity index (χ3n) is 1.67. The summed E-state index contributed by atoms with van der Waals surface area (Å²) in [6.45, 7) is 0.0838. The van der Waals surface area contributed by atoms with Crippen LogP contribution < -0.4 is 5.32 Å². The van der Waals surface area contributed by atoms with Crippen LogP contribution in [-0.2, 0) is 0 Å². The molecular formula is C9H12NO. The minimum Gasteiger partial charge on any atom is -0.394 e. The molecule has 0 aromatic heterocycles. The van der Waals surface area contributed by atoms with Gasteiger partial charge in [-0.1, -0.05) is 30.3 Å². The number of rotatable bonds is 3. The van der Waals surface area contributed by atoms with Gasteiger partial charge in [0, 0.05) is 7.05 Å². The van der Waals surface area contributed by atoms with Crippen molar-refractivity contribution in [1.29, 1.82) is 0 Å². The minimum atomic E-state index is -0.0591. The van der Waals surface area contributed by atoms with Crippen LogP contribution in [0.3, 0.4) is 0 Å². The minimum absolute atomic E-state index is 0.0591. The highest BCUT2D eigenvalue weighted by atomic mass is 16.3. The predicted octanol–water partition coefficient (Wildman–Crippen LogP) is 0.954. The van der Waals surface area contributed by atoms with Gasteiger partial charge in [0.05, 0.1) is 12.6 Å². The molecular weight excluding hydrogens is 138 g/mol. The average Bonchev–Trinajstić information content (AvgIpc) is 2.09. The molecule has 0 amide bonds. The average molecular weight is 150 g/mol. The maximum absolute atomic E-state index is 8.89. The molecule has 1 atom stereocenters. The summed E-state index contributed by atoms with van der Waals surface area (Å²) in [5.74, 6) is 0. The summed E-state index contributed by atoms with van der Waals surface area (Å²) in [7, 11) is 1.72. The second kappa shape index (κ2) is 4.11. The predicted molar refractivity (Wildman–Crippen MR) is 44.3 cm³/mol. The lowest BCUT2D eigenvalue weighted by Crippen LogP contribution is -2.13. The molecule has 0 heterocycles. The quantitative estimate of drug-likeness (QED) is 0.684. The summed E-state index contributed by atoms with van der Waals surface area (Å²) in [5.41, 5.74) is 1.07. The van der Waals surface area contributed by atoms with Crippen LogP contribution in [0.4, 0.5) is 0 Å². The van der Waals surface area contributed by atoms with E-state index < -0.39 is 0 Å². The molecule has 0 aliphatic rings. The zero-order valence-electron chi connectivity index (χ0n) is 6.57. The highest BCUT2D eigenvalue weighted by Crippen LogP contribution is 2.10. The van der Waals surface area contributed by atoms with Crippen molar-refractivity contribution in [1.82, 2.24) is 5.32 Å². The lowest BCUT2D eigenvalue weighted by Gasteiger charge is -2.10. The third kappa shape index (κ3) is 2.03. The van der Waals surface area contributed by atoms with Crippen molar-refractivity contribution in [2.75, 3.05) is 13.7 Å². The molecule has 59 valence electrons. The molecule has 1 aromatic carbocycles. The van der Waals surface area contributed by atoms with Gasteiger partial charge in [0.25, 0.3) is 0 Å². The van der Waals surface area contributed by atoms with E-state index in [1.165, 1.54) is 0 Å². The van der Waals surface area contributed by atoms with E-state index in [9.17, 15) is 0 Å². The molecule has 1 N–H and O–H groups in total. The van der Waals surface area contributed by atoms with Crippen LogP contribution in [-0.4, -0.2) is 18.8 Å². The van der Waals surface area contributed by atoms with Gasteiger partial charge >= 0.3 is 0 Å². The number of benzene rings is 1. The van der Waals surface area contributed by atoms with Crippen molar-refractivity contribution in [2.24, 2.45) is 0 Å².